The second-order valence-corrected chi connectivity index (χ2v) is 4.32. The summed E-state index contributed by atoms with van der Waals surface area (Å²) < 4.78 is 0. The molecule has 0 aromatic carbocycles. The minimum absolute atomic E-state index is 0.188. The molecule has 0 radical (unpaired) electrons. The Bertz CT molecular complexity index is 388. The molecule has 1 heterocycles. The number of hydrogen-bond acceptors (Lipinski definition) is 5. The summed E-state index contributed by atoms with van der Waals surface area (Å²) >= 11 is 0. The molecule has 0 atom stereocenters. The molecule has 6 nitrogen and oxygen atoms in total. The van der Waals surface area contributed by atoms with Crippen LogP contribution in [-0.4, -0.2) is 41.8 Å². The van der Waals surface area contributed by atoms with Crippen LogP contribution in [0.2, 0.25) is 0 Å². The van der Waals surface area contributed by atoms with Gasteiger partial charge < -0.3 is 16.0 Å². The largest absolute Gasteiger partial charge is 0.367 e. The fraction of sp³-hybridized carbons (Fsp3) is 0.583. The summed E-state index contributed by atoms with van der Waals surface area (Å²) in [6.07, 6.45) is 2.59. The van der Waals surface area contributed by atoms with Crippen LogP contribution in [0.15, 0.2) is 12.1 Å². The van der Waals surface area contributed by atoms with Gasteiger partial charge in [0.2, 0.25) is 0 Å². The molecule has 0 saturated heterocycles. The summed E-state index contributed by atoms with van der Waals surface area (Å²) in [7, 11) is 0. The smallest absolute Gasteiger partial charge is 0.271 e. The Morgan fingerprint density at radius 2 is 2.17 bits per heavy atom. The molecule has 1 aromatic heterocycles. The van der Waals surface area contributed by atoms with Crippen molar-refractivity contribution >= 4 is 11.7 Å². The maximum atomic E-state index is 11.5. The number of nitrogens with zero attached hydrogens (tertiary/aromatic N) is 2. The fourth-order valence-corrected chi connectivity index (χ4v) is 1.55. The van der Waals surface area contributed by atoms with Crippen LogP contribution in [0.5, 0.6) is 0 Å². The lowest BCUT2D eigenvalue weighted by molar-refractivity contribution is 0.0950. The molecule has 1 amide bonds. The maximum absolute atomic E-state index is 11.5. The first kappa shape index (κ1) is 12.8. The van der Waals surface area contributed by atoms with Crippen molar-refractivity contribution in [2.75, 3.05) is 25.0 Å². The summed E-state index contributed by atoms with van der Waals surface area (Å²) in [5, 5.41) is 17.1. The van der Waals surface area contributed by atoms with E-state index in [1.54, 1.807) is 12.1 Å². The average molecular weight is 249 g/mol. The van der Waals surface area contributed by atoms with E-state index in [1.807, 2.05) is 6.92 Å². The molecular weight excluding hydrogens is 230 g/mol. The monoisotopic (exact) mass is 249 g/mol. The Morgan fingerprint density at radius 3 is 2.78 bits per heavy atom. The molecule has 3 N–H and O–H groups in total. The number of anilines is 1. The van der Waals surface area contributed by atoms with Gasteiger partial charge in [-0.2, -0.15) is 0 Å². The SMILES string of the molecule is CCNC(=O)c1ccc(NCCNC2CC2)nn1. The molecule has 1 fully saturated rings. The molecule has 0 bridgehead atoms. The van der Waals surface area contributed by atoms with Gasteiger partial charge in [0.05, 0.1) is 0 Å². The quantitative estimate of drug-likeness (QED) is 0.609. The molecule has 0 aliphatic heterocycles. The minimum Gasteiger partial charge on any atom is -0.367 e. The zero-order valence-electron chi connectivity index (χ0n) is 10.6. The molecular formula is C12H19N5O. The molecule has 1 aliphatic rings. The first-order chi connectivity index (χ1) is 8.79. The predicted octanol–water partition coefficient (Wildman–Crippen LogP) is 0.390. The lowest BCUT2D eigenvalue weighted by Crippen LogP contribution is -2.25. The fourth-order valence-electron chi connectivity index (χ4n) is 1.55. The van der Waals surface area contributed by atoms with Gasteiger partial charge in [-0.05, 0) is 31.9 Å². The highest BCUT2D eigenvalue weighted by Gasteiger charge is 2.19. The van der Waals surface area contributed by atoms with Gasteiger partial charge in [0.1, 0.15) is 5.82 Å². The van der Waals surface area contributed by atoms with E-state index in [2.05, 4.69) is 26.1 Å². The number of carbonyl (C=O) groups excluding carboxylic acids is 1. The van der Waals surface area contributed by atoms with Crippen molar-refractivity contribution in [3.63, 3.8) is 0 Å². The zero-order valence-corrected chi connectivity index (χ0v) is 10.6. The molecule has 18 heavy (non-hydrogen) atoms. The van der Waals surface area contributed by atoms with E-state index in [0.717, 1.165) is 19.1 Å². The molecule has 1 aromatic rings. The van der Waals surface area contributed by atoms with Crippen LogP contribution in [0.25, 0.3) is 0 Å². The number of carbonyl (C=O) groups is 1. The molecule has 0 unspecified atom stereocenters. The van der Waals surface area contributed by atoms with E-state index in [9.17, 15) is 4.79 Å². The first-order valence-corrected chi connectivity index (χ1v) is 6.38. The zero-order chi connectivity index (χ0) is 12.8. The van der Waals surface area contributed by atoms with Gasteiger partial charge >= 0.3 is 0 Å². The molecule has 2 rings (SSSR count). The predicted molar refractivity (Wildman–Crippen MR) is 69.6 cm³/mol. The van der Waals surface area contributed by atoms with Crippen molar-refractivity contribution < 1.29 is 4.79 Å². The number of rotatable bonds is 7. The lowest BCUT2D eigenvalue weighted by atomic mass is 10.3. The van der Waals surface area contributed by atoms with Crippen LogP contribution in [0, 0.1) is 0 Å². The molecule has 98 valence electrons. The second-order valence-electron chi connectivity index (χ2n) is 4.32. The van der Waals surface area contributed by atoms with E-state index in [1.165, 1.54) is 12.8 Å². The van der Waals surface area contributed by atoms with Gasteiger partial charge in [0.15, 0.2) is 5.69 Å². The summed E-state index contributed by atoms with van der Waals surface area (Å²) in [6, 6.07) is 4.17. The van der Waals surface area contributed by atoms with Gasteiger partial charge in [-0.15, -0.1) is 10.2 Å². The van der Waals surface area contributed by atoms with Crippen molar-refractivity contribution in [1.29, 1.82) is 0 Å². The van der Waals surface area contributed by atoms with Crippen LogP contribution in [-0.2, 0) is 0 Å². The van der Waals surface area contributed by atoms with E-state index >= 15 is 0 Å². The summed E-state index contributed by atoms with van der Waals surface area (Å²) in [4.78, 5) is 11.5. The Kier molecular flexibility index (Phi) is 4.46. The van der Waals surface area contributed by atoms with Crippen LogP contribution in [0.1, 0.15) is 30.3 Å². The van der Waals surface area contributed by atoms with Crippen molar-refractivity contribution in [1.82, 2.24) is 20.8 Å². The highest BCUT2D eigenvalue weighted by Crippen LogP contribution is 2.17. The Hall–Kier alpha value is -1.69. The number of hydrogen-bond donors (Lipinski definition) is 3. The number of aromatic nitrogens is 2. The number of nitrogens with one attached hydrogen (secondary N) is 3. The van der Waals surface area contributed by atoms with Crippen molar-refractivity contribution in [2.45, 2.75) is 25.8 Å². The minimum atomic E-state index is -0.188. The average Bonchev–Trinajstić information content (AvgIpc) is 3.20. The van der Waals surface area contributed by atoms with E-state index in [4.69, 9.17) is 0 Å². The summed E-state index contributed by atoms with van der Waals surface area (Å²) in [5.41, 5.74) is 0.346. The van der Waals surface area contributed by atoms with Gasteiger partial charge in [-0.3, -0.25) is 4.79 Å². The van der Waals surface area contributed by atoms with E-state index in [0.29, 0.717) is 18.1 Å². The van der Waals surface area contributed by atoms with Crippen LogP contribution < -0.4 is 16.0 Å². The standard InChI is InChI=1S/C12H19N5O/c1-2-13-12(18)10-5-6-11(17-16-10)15-8-7-14-9-3-4-9/h5-6,9,14H,2-4,7-8H2,1H3,(H,13,18)(H,15,17). The van der Waals surface area contributed by atoms with Crippen molar-refractivity contribution in [2.24, 2.45) is 0 Å². The molecule has 1 saturated carbocycles. The second kappa shape index (κ2) is 6.30. The van der Waals surface area contributed by atoms with Crippen LogP contribution in [0.3, 0.4) is 0 Å². The summed E-state index contributed by atoms with van der Waals surface area (Å²) in [5.74, 6) is 0.507. The topological polar surface area (TPSA) is 78.9 Å². The van der Waals surface area contributed by atoms with Gasteiger partial charge in [0.25, 0.3) is 5.91 Å². The number of amides is 1. The highest BCUT2D eigenvalue weighted by atomic mass is 16.1. The van der Waals surface area contributed by atoms with E-state index in [-0.39, 0.29) is 5.91 Å². The van der Waals surface area contributed by atoms with Gasteiger partial charge in [0, 0.05) is 25.7 Å². The van der Waals surface area contributed by atoms with Crippen LogP contribution >= 0.6 is 0 Å². The Labute approximate surface area is 107 Å². The summed E-state index contributed by atoms with van der Waals surface area (Å²) in [6.45, 7) is 4.19. The highest BCUT2D eigenvalue weighted by molar-refractivity contribution is 5.92. The van der Waals surface area contributed by atoms with Crippen LogP contribution in [0.4, 0.5) is 5.82 Å². The Balaban J connectivity index is 1.73. The molecule has 0 spiro atoms. The Morgan fingerprint density at radius 1 is 1.33 bits per heavy atom. The molecule has 1 aliphatic carbocycles. The maximum Gasteiger partial charge on any atom is 0.271 e. The lowest BCUT2D eigenvalue weighted by Gasteiger charge is -2.06. The third-order valence-corrected chi connectivity index (χ3v) is 2.68. The molecule has 6 heteroatoms. The normalized spacial score (nSPS) is 14.3. The third kappa shape index (κ3) is 3.96. The van der Waals surface area contributed by atoms with Gasteiger partial charge in [-0.1, -0.05) is 0 Å². The third-order valence-electron chi connectivity index (χ3n) is 2.68. The van der Waals surface area contributed by atoms with E-state index < -0.39 is 0 Å². The van der Waals surface area contributed by atoms with Crippen molar-refractivity contribution in [3.8, 4) is 0 Å². The first-order valence-electron chi connectivity index (χ1n) is 6.38. The van der Waals surface area contributed by atoms with Crippen molar-refractivity contribution in [3.05, 3.63) is 17.8 Å². The van der Waals surface area contributed by atoms with Gasteiger partial charge in [-0.25, -0.2) is 0 Å².